The van der Waals surface area contributed by atoms with Gasteiger partial charge in [0.25, 0.3) is 5.91 Å². The number of methoxy groups -OCH3 is 1. The molecule has 0 aliphatic rings. The minimum atomic E-state index is -1.11. The minimum Gasteiger partial charge on any atom is -0.469 e. The molecule has 0 saturated carbocycles. The number of hydrogen-bond donors (Lipinski definition) is 1. The zero-order valence-corrected chi connectivity index (χ0v) is 14.1. The van der Waals surface area contributed by atoms with Gasteiger partial charge < -0.3 is 10.1 Å². The highest BCUT2D eigenvalue weighted by atomic mass is 35.5. The molecule has 23 heavy (non-hydrogen) atoms. The molecule has 2 aromatic rings. The van der Waals surface area contributed by atoms with Crippen molar-refractivity contribution in [3.05, 3.63) is 57.0 Å². The Bertz CT molecular complexity index is 734. The van der Waals surface area contributed by atoms with Gasteiger partial charge in [0.2, 0.25) is 0 Å². The van der Waals surface area contributed by atoms with Crippen molar-refractivity contribution in [2.75, 3.05) is 7.11 Å². The van der Waals surface area contributed by atoms with Gasteiger partial charge in [0.1, 0.15) is 5.82 Å². The lowest BCUT2D eigenvalue weighted by molar-refractivity contribution is -0.142. The number of carbonyl (C=O) groups is 2. The van der Waals surface area contributed by atoms with Crippen molar-refractivity contribution in [1.29, 1.82) is 0 Å². The average molecular weight is 356 g/mol. The predicted octanol–water partition coefficient (Wildman–Crippen LogP) is 3.75. The van der Waals surface area contributed by atoms with E-state index in [1.165, 1.54) is 25.3 Å². The Morgan fingerprint density at radius 2 is 2.09 bits per heavy atom. The molecule has 0 bridgehead atoms. The van der Waals surface area contributed by atoms with Crippen LogP contribution in [0.1, 0.15) is 28.6 Å². The smallest absolute Gasteiger partial charge is 0.308 e. The van der Waals surface area contributed by atoms with E-state index in [0.29, 0.717) is 14.8 Å². The minimum absolute atomic E-state index is 0.127. The SMILES string of the molecule is COC(=O)C[C@](C)(NC(=O)c1ccc(Cl)s1)c1cccc(F)c1. The topological polar surface area (TPSA) is 55.4 Å². The maximum absolute atomic E-state index is 13.5. The zero-order chi connectivity index (χ0) is 17.0. The normalized spacial score (nSPS) is 13.2. The molecule has 0 spiro atoms. The number of carbonyl (C=O) groups excluding carboxylic acids is 2. The lowest BCUT2D eigenvalue weighted by Crippen LogP contribution is -2.45. The van der Waals surface area contributed by atoms with Gasteiger partial charge in [0, 0.05) is 0 Å². The molecule has 0 radical (unpaired) electrons. The molecule has 0 fully saturated rings. The van der Waals surface area contributed by atoms with Crippen molar-refractivity contribution in [2.24, 2.45) is 0 Å². The first-order chi connectivity index (χ1) is 10.8. The van der Waals surface area contributed by atoms with Crippen LogP contribution in [-0.4, -0.2) is 19.0 Å². The van der Waals surface area contributed by atoms with Crippen LogP contribution in [0.25, 0.3) is 0 Å². The summed E-state index contributed by atoms with van der Waals surface area (Å²) in [4.78, 5) is 24.5. The van der Waals surface area contributed by atoms with Gasteiger partial charge in [-0.05, 0) is 36.8 Å². The lowest BCUT2D eigenvalue weighted by atomic mass is 9.88. The van der Waals surface area contributed by atoms with E-state index in [0.717, 1.165) is 11.3 Å². The highest BCUT2D eigenvalue weighted by Gasteiger charge is 2.33. The Morgan fingerprint density at radius 3 is 2.65 bits per heavy atom. The molecule has 2 rings (SSSR count). The molecule has 1 N–H and O–H groups in total. The van der Waals surface area contributed by atoms with Crippen LogP contribution in [0, 0.1) is 5.82 Å². The maximum Gasteiger partial charge on any atom is 0.308 e. The van der Waals surface area contributed by atoms with Gasteiger partial charge in [-0.25, -0.2) is 4.39 Å². The molecule has 0 aliphatic carbocycles. The number of amides is 1. The van der Waals surface area contributed by atoms with Crippen molar-refractivity contribution < 1.29 is 18.7 Å². The van der Waals surface area contributed by atoms with Crippen molar-refractivity contribution in [3.8, 4) is 0 Å². The summed E-state index contributed by atoms with van der Waals surface area (Å²) in [6.07, 6.45) is -0.127. The highest BCUT2D eigenvalue weighted by molar-refractivity contribution is 7.18. The number of esters is 1. The number of benzene rings is 1. The van der Waals surface area contributed by atoms with Gasteiger partial charge in [-0.2, -0.15) is 0 Å². The van der Waals surface area contributed by atoms with Crippen molar-refractivity contribution in [3.63, 3.8) is 0 Å². The van der Waals surface area contributed by atoms with Gasteiger partial charge in [0.05, 0.1) is 28.3 Å². The van der Waals surface area contributed by atoms with Gasteiger partial charge in [-0.15, -0.1) is 11.3 Å². The van der Waals surface area contributed by atoms with Gasteiger partial charge in [-0.3, -0.25) is 9.59 Å². The summed E-state index contributed by atoms with van der Waals surface area (Å²) in [5, 5.41) is 2.78. The molecule has 7 heteroatoms. The van der Waals surface area contributed by atoms with Crippen molar-refractivity contribution in [2.45, 2.75) is 18.9 Å². The first kappa shape index (κ1) is 17.4. The van der Waals surface area contributed by atoms with E-state index in [4.69, 9.17) is 11.6 Å². The Labute approximate surface area is 142 Å². The van der Waals surface area contributed by atoms with Crippen LogP contribution in [0.15, 0.2) is 36.4 Å². The summed E-state index contributed by atoms with van der Waals surface area (Å²) in [6.45, 7) is 1.64. The Kier molecular flexibility index (Phi) is 5.38. The standard InChI is InChI=1S/C16H15ClFNO3S/c1-16(9-14(20)22-2,10-4-3-5-11(18)8-10)19-15(21)12-6-7-13(17)23-12/h3-8H,9H2,1-2H3,(H,19,21)/t16-/m0/s1. The van der Waals surface area contributed by atoms with E-state index in [1.54, 1.807) is 25.1 Å². The van der Waals surface area contributed by atoms with Crippen LogP contribution in [0.4, 0.5) is 4.39 Å². The van der Waals surface area contributed by atoms with Gasteiger partial charge in [0.15, 0.2) is 0 Å². The van der Waals surface area contributed by atoms with E-state index in [9.17, 15) is 14.0 Å². The maximum atomic E-state index is 13.5. The van der Waals surface area contributed by atoms with Gasteiger partial charge >= 0.3 is 5.97 Å². The second-order valence-electron chi connectivity index (χ2n) is 5.15. The van der Waals surface area contributed by atoms with Crippen LogP contribution in [0.3, 0.4) is 0 Å². The summed E-state index contributed by atoms with van der Waals surface area (Å²) in [6, 6.07) is 8.95. The molecule has 1 heterocycles. The average Bonchev–Trinajstić information content (AvgIpc) is 2.93. The summed E-state index contributed by atoms with van der Waals surface area (Å²) >= 11 is 6.96. The molecule has 1 aromatic carbocycles. The van der Waals surface area contributed by atoms with E-state index in [2.05, 4.69) is 10.1 Å². The third-order valence-electron chi connectivity index (χ3n) is 3.37. The number of nitrogens with one attached hydrogen (secondary N) is 1. The molecule has 0 aliphatic heterocycles. The number of hydrogen-bond acceptors (Lipinski definition) is 4. The largest absolute Gasteiger partial charge is 0.469 e. The van der Waals surface area contributed by atoms with E-state index < -0.39 is 23.2 Å². The third-order valence-corrected chi connectivity index (χ3v) is 4.60. The van der Waals surface area contributed by atoms with Crippen LogP contribution >= 0.6 is 22.9 Å². The van der Waals surface area contributed by atoms with E-state index >= 15 is 0 Å². The fourth-order valence-corrected chi connectivity index (χ4v) is 3.10. The van der Waals surface area contributed by atoms with Crippen LogP contribution in [0.5, 0.6) is 0 Å². The highest BCUT2D eigenvalue weighted by Crippen LogP contribution is 2.28. The number of halogens is 2. The fraction of sp³-hybridized carbons (Fsp3) is 0.250. The number of thiophene rings is 1. The quantitative estimate of drug-likeness (QED) is 0.831. The molecule has 0 saturated heterocycles. The fourth-order valence-electron chi connectivity index (χ4n) is 2.16. The molecule has 0 unspecified atom stereocenters. The Morgan fingerprint density at radius 1 is 1.35 bits per heavy atom. The summed E-state index contributed by atoms with van der Waals surface area (Å²) < 4.78 is 18.7. The predicted molar refractivity (Wildman–Crippen MR) is 87.2 cm³/mol. The summed E-state index contributed by atoms with van der Waals surface area (Å²) in [5.41, 5.74) is -0.637. The lowest BCUT2D eigenvalue weighted by Gasteiger charge is -2.30. The van der Waals surface area contributed by atoms with Crippen LogP contribution < -0.4 is 5.32 Å². The zero-order valence-electron chi connectivity index (χ0n) is 12.6. The Balaban J connectivity index is 2.33. The number of ether oxygens (including phenoxy) is 1. The second kappa shape index (κ2) is 7.10. The van der Waals surface area contributed by atoms with Crippen molar-refractivity contribution in [1.82, 2.24) is 5.32 Å². The summed E-state index contributed by atoms with van der Waals surface area (Å²) in [7, 11) is 1.26. The molecular formula is C16H15ClFNO3S. The van der Waals surface area contributed by atoms with Crippen LogP contribution in [-0.2, 0) is 15.1 Å². The monoisotopic (exact) mass is 355 g/mol. The van der Waals surface area contributed by atoms with E-state index in [1.807, 2.05) is 0 Å². The molecular weight excluding hydrogens is 341 g/mol. The summed E-state index contributed by atoms with van der Waals surface area (Å²) in [5.74, 6) is -1.36. The number of rotatable bonds is 5. The molecule has 1 atom stereocenters. The first-order valence-electron chi connectivity index (χ1n) is 6.75. The first-order valence-corrected chi connectivity index (χ1v) is 7.94. The molecule has 122 valence electrons. The molecule has 1 amide bonds. The second-order valence-corrected chi connectivity index (χ2v) is 6.87. The van der Waals surface area contributed by atoms with E-state index in [-0.39, 0.29) is 6.42 Å². The van der Waals surface area contributed by atoms with Crippen molar-refractivity contribution >= 4 is 34.8 Å². The molecule has 4 nitrogen and oxygen atoms in total. The van der Waals surface area contributed by atoms with Crippen LogP contribution in [0.2, 0.25) is 4.34 Å². The third kappa shape index (κ3) is 4.30. The van der Waals surface area contributed by atoms with Gasteiger partial charge in [-0.1, -0.05) is 23.7 Å². The molecule has 1 aromatic heterocycles. The Hall–Kier alpha value is -1.92.